The molecule has 1 saturated heterocycles. The molecule has 134 valence electrons. The minimum Gasteiger partial charge on any atom is -0.485 e. The first-order chi connectivity index (χ1) is 11.2. The van der Waals surface area contributed by atoms with E-state index in [9.17, 15) is 4.79 Å². The van der Waals surface area contributed by atoms with Crippen molar-refractivity contribution in [3.05, 3.63) is 11.5 Å². The highest BCUT2D eigenvalue weighted by Crippen LogP contribution is 2.29. The van der Waals surface area contributed by atoms with Crippen LogP contribution in [0.5, 0.6) is 5.75 Å². The number of halogens is 1. The molecule has 2 N–H and O–H groups in total. The van der Waals surface area contributed by atoms with Crippen molar-refractivity contribution in [2.45, 2.75) is 44.9 Å². The van der Waals surface area contributed by atoms with Gasteiger partial charge < -0.3 is 19.9 Å². The third kappa shape index (κ3) is 4.61. The second kappa shape index (κ2) is 7.40. The van der Waals surface area contributed by atoms with Crippen molar-refractivity contribution in [3.8, 4) is 5.75 Å². The van der Waals surface area contributed by atoms with Crippen LogP contribution in [0.3, 0.4) is 0 Å². The molecule has 0 aliphatic carbocycles. The van der Waals surface area contributed by atoms with Crippen LogP contribution in [0, 0.1) is 0 Å². The average Bonchev–Trinajstić information content (AvgIpc) is 2.88. The van der Waals surface area contributed by atoms with Crippen molar-refractivity contribution in [2.24, 2.45) is 0 Å². The van der Waals surface area contributed by atoms with Crippen molar-refractivity contribution < 1.29 is 19.0 Å². The van der Waals surface area contributed by atoms with E-state index in [0.717, 1.165) is 0 Å². The van der Waals surface area contributed by atoms with Crippen LogP contribution in [0.25, 0.3) is 0 Å². The molecule has 9 heteroatoms. The molecule has 0 bridgehead atoms. The van der Waals surface area contributed by atoms with Crippen LogP contribution in [0.1, 0.15) is 27.2 Å². The fraction of sp³-hybridized carbons (Fsp3) is 0.667. The van der Waals surface area contributed by atoms with Crippen LogP contribution < -0.4 is 10.5 Å². The highest BCUT2D eigenvalue weighted by Gasteiger charge is 2.38. The number of carbonyl (C=O) groups excluding carboxylic acids is 1. The molecule has 8 nitrogen and oxygen atoms in total. The number of carbonyl (C=O) groups is 1. The molecule has 0 spiro atoms. The molecular weight excluding hydrogens is 336 g/mol. The summed E-state index contributed by atoms with van der Waals surface area (Å²) < 4.78 is 16.5. The monoisotopic (exact) mass is 358 g/mol. The molecule has 24 heavy (non-hydrogen) atoms. The SMILES string of the molecule is CO[C@@H]1C[C@@H](COc2c(N)ncnc2Cl)N(C(=O)OC(C)(C)C)C1. The van der Waals surface area contributed by atoms with E-state index < -0.39 is 11.7 Å². The number of anilines is 1. The summed E-state index contributed by atoms with van der Waals surface area (Å²) in [4.78, 5) is 21.7. The minimum absolute atomic E-state index is 0.0778. The summed E-state index contributed by atoms with van der Waals surface area (Å²) >= 11 is 5.97. The maximum absolute atomic E-state index is 12.4. The van der Waals surface area contributed by atoms with E-state index in [1.54, 1.807) is 12.0 Å². The Morgan fingerprint density at radius 1 is 1.46 bits per heavy atom. The maximum Gasteiger partial charge on any atom is 0.410 e. The molecular formula is C15H23ClN4O4. The van der Waals surface area contributed by atoms with Crippen LogP contribution in [0.2, 0.25) is 5.15 Å². The van der Waals surface area contributed by atoms with Gasteiger partial charge in [0.05, 0.1) is 18.7 Å². The Labute approximate surface area is 146 Å². The van der Waals surface area contributed by atoms with Crippen molar-refractivity contribution in [1.29, 1.82) is 0 Å². The van der Waals surface area contributed by atoms with Crippen molar-refractivity contribution in [3.63, 3.8) is 0 Å². The lowest BCUT2D eigenvalue weighted by atomic mass is 10.2. The van der Waals surface area contributed by atoms with Gasteiger partial charge in [-0.1, -0.05) is 11.6 Å². The zero-order valence-corrected chi connectivity index (χ0v) is 15.0. The first kappa shape index (κ1) is 18.5. The third-order valence-electron chi connectivity index (χ3n) is 3.55. The Bertz CT molecular complexity index is 573. The standard InChI is InChI=1S/C15H23ClN4O4/c1-15(2,3)24-14(21)20-6-10(22-4)5-9(20)7-23-11-12(16)18-8-19-13(11)17/h8-10H,5-7H2,1-4H3,(H2,17,18,19)/t9-,10+/m0/s1. The number of likely N-dealkylation sites (tertiary alicyclic amines) is 1. The molecule has 0 aromatic carbocycles. The van der Waals surface area contributed by atoms with Gasteiger partial charge in [-0.3, -0.25) is 4.90 Å². The maximum atomic E-state index is 12.4. The quantitative estimate of drug-likeness (QED) is 0.822. The van der Waals surface area contributed by atoms with Crippen LogP contribution in [0.4, 0.5) is 10.6 Å². The molecule has 2 rings (SSSR count). The van der Waals surface area contributed by atoms with Gasteiger partial charge in [0, 0.05) is 7.11 Å². The zero-order valence-electron chi connectivity index (χ0n) is 14.3. The van der Waals surface area contributed by atoms with Gasteiger partial charge in [0.2, 0.25) is 0 Å². The van der Waals surface area contributed by atoms with Crippen LogP contribution in [-0.4, -0.2) is 59.0 Å². The van der Waals surface area contributed by atoms with E-state index in [2.05, 4.69) is 9.97 Å². The molecule has 2 atom stereocenters. The summed E-state index contributed by atoms with van der Waals surface area (Å²) in [5.41, 5.74) is 5.17. The molecule has 1 fully saturated rings. The summed E-state index contributed by atoms with van der Waals surface area (Å²) in [6.45, 7) is 6.09. The van der Waals surface area contributed by atoms with Gasteiger partial charge in [-0.25, -0.2) is 14.8 Å². The van der Waals surface area contributed by atoms with Crippen LogP contribution in [0.15, 0.2) is 6.33 Å². The molecule has 0 saturated carbocycles. The lowest BCUT2D eigenvalue weighted by Gasteiger charge is -2.28. The van der Waals surface area contributed by atoms with Gasteiger partial charge >= 0.3 is 6.09 Å². The van der Waals surface area contributed by atoms with Gasteiger partial charge in [-0.05, 0) is 27.2 Å². The number of nitrogens with zero attached hydrogens (tertiary/aromatic N) is 3. The second-order valence-corrected chi connectivity index (χ2v) is 6.93. The first-order valence-corrected chi connectivity index (χ1v) is 8.00. The normalized spacial score (nSPS) is 21.0. The smallest absolute Gasteiger partial charge is 0.410 e. The molecule has 1 aliphatic rings. The lowest BCUT2D eigenvalue weighted by molar-refractivity contribution is 0.0164. The highest BCUT2D eigenvalue weighted by molar-refractivity contribution is 6.31. The summed E-state index contributed by atoms with van der Waals surface area (Å²) in [7, 11) is 1.61. The molecule has 1 aromatic rings. The van der Waals surface area contributed by atoms with Crippen molar-refractivity contribution in [1.82, 2.24) is 14.9 Å². The number of rotatable bonds is 4. The van der Waals surface area contributed by atoms with E-state index in [-0.39, 0.29) is 35.5 Å². The number of nitrogen functional groups attached to an aromatic ring is 1. The lowest BCUT2D eigenvalue weighted by Crippen LogP contribution is -2.42. The number of amides is 1. The summed E-state index contributed by atoms with van der Waals surface area (Å²) in [5.74, 6) is 0.365. The van der Waals surface area contributed by atoms with E-state index in [1.807, 2.05) is 20.8 Å². The largest absolute Gasteiger partial charge is 0.485 e. The third-order valence-corrected chi connectivity index (χ3v) is 3.81. The molecule has 1 aromatic heterocycles. The molecule has 1 amide bonds. The Kier molecular flexibility index (Phi) is 5.71. The average molecular weight is 359 g/mol. The number of aromatic nitrogens is 2. The van der Waals surface area contributed by atoms with Crippen molar-refractivity contribution in [2.75, 3.05) is 26.0 Å². The predicted octanol–water partition coefficient (Wildman–Crippen LogP) is 2.12. The van der Waals surface area contributed by atoms with E-state index >= 15 is 0 Å². The predicted molar refractivity (Wildman–Crippen MR) is 89.1 cm³/mol. The number of ether oxygens (including phenoxy) is 3. The summed E-state index contributed by atoms with van der Waals surface area (Å²) in [5, 5.41) is 0.132. The van der Waals surface area contributed by atoms with Gasteiger partial charge in [0.25, 0.3) is 0 Å². The highest BCUT2D eigenvalue weighted by atomic mass is 35.5. The molecule has 2 heterocycles. The molecule has 0 unspecified atom stereocenters. The Hall–Kier alpha value is -1.80. The van der Waals surface area contributed by atoms with E-state index in [0.29, 0.717) is 13.0 Å². The second-order valence-electron chi connectivity index (χ2n) is 6.57. The first-order valence-electron chi connectivity index (χ1n) is 7.62. The zero-order chi connectivity index (χ0) is 17.9. The molecule has 1 aliphatic heterocycles. The fourth-order valence-electron chi connectivity index (χ4n) is 2.42. The van der Waals surface area contributed by atoms with Gasteiger partial charge in [0.1, 0.15) is 18.5 Å². The molecule has 0 radical (unpaired) electrons. The number of methoxy groups -OCH3 is 1. The van der Waals surface area contributed by atoms with Crippen LogP contribution in [-0.2, 0) is 9.47 Å². The van der Waals surface area contributed by atoms with E-state index in [1.165, 1.54) is 6.33 Å². The number of nitrogens with two attached hydrogens (primary N) is 1. The fourth-order valence-corrected chi connectivity index (χ4v) is 2.62. The summed E-state index contributed by atoms with van der Waals surface area (Å²) in [6, 6.07) is -0.222. The van der Waals surface area contributed by atoms with Gasteiger partial charge in [-0.15, -0.1) is 0 Å². The van der Waals surface area contributed by atoms with Crippen molar-refractivity contribution >= 4 is 23.5 Å². The van der Waals surface area contributed by atoms with Gasteiger partial charge in [-0.2, -0.15) is 0 Å². The van der Waals surface area contributed by atoms with Crippen LogP contribution >= 0.6 is 11.6 Å². The Balaban J connectivity index is 2.07. The Morgan fingerprint density at radius 3 is 2.75 bits per heavy atom. The Morgan fingerprint density at radius 2 is 2.17 bits per heavy atom. The number of hydrogen-bond donors (Lipinski definition) is 1. The summed E-state index contributed by atoms with van der Waals surface area (Å²) in [6.07, 6.45) is 1.40. The minimum atomic E-state index is -0.575. The topological polar surface area (TPSA) is 99.8 Å². The number of hydrogen-bond acceptors (Lipinski definition) is 7. The van der Waals surface area contributed by atoms with Gasteiger partial charge in [0.15, 0.2) is 16.7 Å². The van der Waals surface area contributed by atoms with E-state index in [4.69, 9.17) is 31.5 Å².